The molecule has 46 heavy (non-hydrogen) atoms. The van der Waals surface area contributed by atoms with Gasteiger partial charge >= 0.3 is 6.03 Å². The maximum Gasteiger partial charge on any atom is 0.321 e. The second-order valence-electron chi connectivity index (χ2n) is 13.2. The van der Waals surface area contributed by atoms with Gasteiger partial charge in [-0.2, -0.15) is 5.10 Å². The van der Waals surface area contributed by atoms with Gasteiger partial charge in [0.05, 0.1) is 6.04 Å². The molecule has 1 atom stereocenters. The molecule has 2 aliphatic heterocycles. The first-order valence-corrected chi connectivity index (χ1v) is 17.1. The highest BCUT2D eigenvalue weighted by Crippen LogP contribution is 2.47. The van der Waals surface area contributed by atoms with Crippen LogP contribution in [0.2, 0.25) is 5.02 Å². The first-order chi connectivity index (χ1) is 22.0. The minimum absolute atomic E-state index is 0. The summed E-state index contributed by atoms with van der Waals surface area (Å²) in [6.07, 6.45) is 14.1. The van der Waals surface area contributed by atoms with Crippen LogP contribution in [-0.4, -0.2) is 74.8 Å². The molecule has 1 aliphatic carbocycles. The third-order valence-corrected chi connectivity index (χ3v) is 10.6. The maximum absolute atomic E-state index is 14.3. The van der Waals surface area contributed by atoms with Crippen molar-refractivity contribution >= 4 is 41.6 Å². The van der Waals surface area contributed by atoms with Crippen molar-refractivity contribution in [1.82, 2.24) is 29.9 Å². The van der Waals surface area contributed by atoms with Crippen LogP contribution in [0.5, 0.6) is 0 Å². The Bertz CT molecular complexity index is 1370. The number of nitrogens with one attached hydrogen (secondary N) is 2. The molecule has 2 N–H and O–H groups in total. The lowest BCUT2D eigenvalue weighted by Crippen LogP contribution is -2.56. The van der Waals surface area contributed by atoms with Crippen LogP contribution in [-0.2, 0) is 17.8 Å². The average Bonchev–Trinajstić information content (AvgIpc) is 3.59. The highest BCUT2D eigenvalue weighted by Gasteiger charge is 2.44. The van der Waals surface area contributed by atoms with E-state index in [4.69, 9.17) is 11.6 Å². The third kappa shape index (κ3) is 8.60. The predicted molar refractivity (Wildman–Crippen MR) is 184 cm³/mol. The summed E-state index contributed by atoms with van der Waals surface area (Å²) in [5.74, 6) is 0.840. The number of benzene rings is 2. The second-order valence-corrected chi connectivity index (χ2v) is 13.7. The Kier molecular flexibility index (Phi) is 12.0. The maximum atomic E-state index is 14.3. The van der Waals surface area contributed by atoms with Crippen molar-refractivity contribution < 1.29 is 9.59 Å². The number of para-hydroxylation sites is 1. The predicted octanol–water partition coefficient (Wildman–Crippen LogP) is 6.44. The van der Waals surface area contributed by atoms with Crippen LogP contribution >= 0.6 is 24.0 Å². The molecule has 0 spiro atoms. The Morgan fingerprint density at radius 2 is 1.59 bits per heavy atom. The van der Waals surface area contributed by atoms with Crippen molar-refractivity contribution in [2.45, 2.75) is 82.8 Å². The molecule has 1 saturated carbocycles. The molecule has 0 unspecified atom stereocenters. The largest absolute Gasteiger partial charge is 0.341 e. The van der Waals surface area contributed by atoms with Crippen molar-refractivity contribution in [3.8, 4) is 0 Å². The summed E-state index contributed by atoms with van der Waals surface area (Å²) in [6, 6.07) is 17.1. The highest BCUT2D eigenvalue weighted by molar-refractivity contribution is 6.30. The number of carbonyl (C=O) groups is 2. The van der Waals surface area contributed by atoms with Gasteiger partial charge in [-0.05, 0) is 86.1 Å². The molecule has 2 aromatic carbocycles. The molecule has 3 fully saturated rings. The van der Waals surface area contributed by atoms with E-state index in [2.05, 4.69) is 25.6 Å². The minimum Gasteiger partial charge on any atom is -0.341 e. The molecule has 2 saturated heterocycles. The summed E-state index contributed by atoms with van der Waals surface area (Å²) in [6.45, 7) is 3.70. The van der Waals surface area contributed by atoms with Crippen LogP contribution in [0.15, 0.2) is 67.3 Å². The summed E-state index contributed by atoms with van der Waals surface area (Å²) in [4.78, 5) is 35.3. The molecule has 6 rings (SSSR count). The monoisotopic (exact) mass is 667 g/mol. The number of likely N-dealkylation sites (tertiary alicyclic amines) is 2. The number of urea groups is 1. The lowest BCUT2D eigenvalue weighted by molar-refractivity contribution is -0.137. The van der Waals surface area contributed by atoms with Crippen LogP contribution in [0.3, 0.4) is 0 Å². The van der Waals surface area contributed by atoms with Gasteiger partial charge in [-0.3, -0.25) is 9.48 Å². The first-order valence-electron chi connectivity index (χ1n) is 16.7. The van der Waals surface area contributed by atoms with E-state index in [1.54, 1.807) is 6.33 Å². The van der Waals surface area contributed by atoms with Crippen LogP contribution in [0.1, 0.15) is 63.4 Å². The lowest BCUT2D eigenvalue weighted by Gasteiger charge is -2.48. The van der Waals surface area contributed by atoms with Gasteiger partial charge in [0.2, 0.25) is 5.91 Å². The molecular formula is C35H47Cl2N7O2. The Hall–Kier alpha value is -3.14. The average molecular weight is 669 g/mol. The molecular weight excluding hydrogens is 621 g/mol. The molecule has 3 heterocycles. The molecule has 3 aliphatic rings. The quantitative estimate of drug-likeness (QED) is 0.274. The van der Waals surface area contributed by atoms with E-state index in [1.165, 1.54) is 32.1 Å². The van der Waals surface area contributed by atoms with E-state index in [0.717, 1.165) is 56.6 Å². The van der Waals surface area contributed by atoms with Crippen LogP contribution in [0.25, 0.3) is 0 Å². The van der Waals surface area contributed by atoms with Gasteiger partial charge in [0, 0.05) is 49.5 Å². The SMILES string of the molecule is Cl.O=C(Nc1ccccc1)N1CCC(N[C@H](Cc2ccc(Cl)cc2)C(=O)N2CCC(Cn3cncn3)(C3CCCCC3)CC2)CC1. The summed E-state index contributed by atoms with van der Waals surface area (Å²) in [5.41, 5.74) is 2.04. The first kappa shape index (κ1) is 34.2. The summed E-state index contributed by atoms with van der Waals surface area (Å²) >= 11 is 6.18. The number of rotatable bonds is 9. The number of anilines is 1. The standard InChI is InChI=1S/C35H46ClN7O2.ClH/c36-29-13-11-27(12-14-29)23-32(39-31-15-19-42(20-16-31)34(45)40-30-9-5-2-6-10-30)33(44)41-21-17-35(18-22-41,24-43-26-37-25-38-43)28-7-3-1-4-8-28;/h2,5-6,9-14,25-26,28,31-32,39H,1,3-4,7-8,15-24H2,(H,40,45);1H/t32-;/m1./s1. The number of piperidine rings is 2. The fraction of sp³-hybridized carbons (Fsp3) is 0.543. The number of hydrogen-bond donors (Lipinski definition) is 2. The second kappa shape index (κ2) is 16.1. The van der Waals surface area contributed by atoms with Gasteiger partial charge < -0.3 is 20.4 Å². The molecule has 1 aromatic heterocycles. The number of halogens is 2. The van der Waals surface area contributed by atoms with E-state index in [1.807, 2.05) is 70.5 Å². The van der Waals surface area contributed by atoms with E-state index < -0.39 is 0 Å². The Labute approximate surface area is 283 Å². The highest BCUT2D eigenvalue weighted by atomic mass is 35.5. The van der Waals surface area contributed by atoms with E-state index in [-0.39, 0.29) is 41.8 Å². The van der Waals surface area contributed by atoms with E-state index >= 15 is 0 Å². The normalized spacial score (nSPS) is 19.7. The third-order valence-electron chi connectivity index (χ3n) is 10.4. The van der Waals surface area contributed by atoms with E-state index in [0.29, 0.717) is 30.5 Å². The Morgan fingerprint density at radius 1 is 0.891 bits per heavy atom. The van der Waals surface area contributed by atoms with Gasteiger partial charge in [0.25, 0.3) is 0 Å². The summed E-state index contributed by atoms with van der Waals surface area (Å²) in [5, 5.41) is 11.9. The molecule has 3 aromatic rings. The van der Waals surface area contributed by atoms with Crippen LogP contribution in [0.4, 0.5) is 10.5 Å². The Balaban J connectivity index is 0.00000417. The fourth-order valence-electron chi connectivity index (χ4n) is 7.77. The zero-order valence-corrected chi connectivity index (χ0v) is 28.1. The number of nitrogens with zero attached hydrogens (tertiary/aromatic N) is 5. The molecule has 0 bridgehead atoms. The van der Waals surface area contributed by atoms with Crippen molar-refractivity contribution in [3.63, 3.8) is 0 Å². The van der Waals surface area contributed by atoms with Crippen molar-refractivity contribution in [2.24, 2.45) is 11.3 Å². The Morgan fingerprint density at radius 3 is 2.24 bits per heavy atom. The zero-order chi connectivity index (χ0) is 31.1. The van der Waals surface area contributed by atoms with Crippen molar-refractivity contribution in [1.29, 1.82) is 0 Å². The van der Waals surface area contributed by atoms with Crippen LogP contribution in [0, 0.1) is 11.3 Å². The van der Waals surface area contributed by atoms with Crippen LogP contribution < -0.4 is 10.6 Å². The van der Waals surface area contributed by atoms with Crippen molar-refractivity contribution in [3.05, 3.63) is 77.8 Å². The van der Waals surface area contributed by atoms with Gasteiger partial charge in [-0.15, -0.1) is 12.4 Å². The topological polar surface area (TPSA) is 95.4 Å². The minimum atomic E-state index is -0.335. The fourth-order valence-corrected chi connectivity index (χ4v) is 7.90. The number of carbonyl (C=O) groups excluding carboxylic acids is 2. The van der Waals surface area contributed by atoms with Crippen molar-refractivity contribution in [2.75, 3.05) is 31.5 Å². The molecule has 248 valence electrons. The van der Waals surface area contributed by atoms with Gasteiger partial charge in [-0.1, -0.05) is 61.2 Å². The molecule has 9 nitrogen and oxygen atoms in total. The smallest absolute Gasteiger partial charge is 0.321 e. The molecule has 0 radical (unpaired) electrons. The van der Waals surface area contributed by atoms with Gasteiger partial charge in [0.15, 0.2) is 0 Å². The van der Waals surface area contributed by atoms with Gasteiger partial charge in [0.1, 0.15) is 12.7 Å². The summed E-state index contributed by atoms with van der Waals surface area (Å²) in [7, 11) is 0. The molecule has 3 amide bonds. The number of hydrogen-bond acceptors (Lipinski definition) is 5. The van der Waals surface area contributed by atoms with E-state index in [9.17, 15) is 9.59 Å². The summed E-state index contributed by atoms with van der Waals surface area (Å²) < 4.78 is 2.00. The number of aromatic nitrogens is 3. The zero-order valence-electron chi connectivity index (χ0n) is 26.5. The molecule has 11 heteroatoms. The number of amides is 3. The van der Waals surface area contributed by atoms with Gasteiger partial charge in [-0.25, -0.2) is 9.78 Å². The lowest BCUT2D eigenvalue weighted by atomic mass is 9.63.